The van der Waals surface area contributed by atoms with E-state index < -0.39 is 0 Å². The molecule has 4 heterocycles. The van der Waals surface area contributed by atoms with Crippen LogP contribution in [0, 0.1) is 12.8 Å². The van der Waals surface area contributed by atoms with E-state index in [1.807, 2.05) is 5.51 Å². The number of rotatable bonds is 6. The van der Waals surface area contributed by atoms with E-state index in [0.717, 1.165) is 51.2 Å². The normalized spacial score (nSPS) is 22.7. The number of aryl methyl sites for hydroxylation is 1. The Balaban J connectivity index is 1.23. The molecule has 2 aromatic rings. The number of likely N-dealkylation sites (tertiary alicyclic amines) is 1. The van der Waals surface area contributed by atoms with Gasteiger partial charge in [-0.05, 0) is 38.2 Å². The molecule has 0 amide bonds. The van der Waals surface area contributed by atoms with Crippen molar-refractivity contribution in [3.63, 3.8) is 0 Å². The molecule has 2 saturated heterocycles. The third kappa shape index (κ3) is 3.99. The monoisotopic (exact) mass is 360 g/mol. The molecule has 1 spiro atoms. The zero-order chi connectivity index (χ0) is 17.1. The zero-order valence-corrected chi connectivity index (χ0v) is 15.4. The second-order valence-electron chi connectivity index (χ2n) is 7.06. The summed E-state index contributed by atoms with van der Waals surface area (Å²) in [4.78, 5) is 16.4. The van der Waals surface area contributed by atoms with Crippen LogP contribution in [0.3, 0.4) is 0 Å². The Hall–Kier alpha value is -1.57. The molecular weight excluding hydrogens is 336 g/mol. The molecule has 134 valence electrons. The number of thiazole rings is 1. The maximum absolute atomic E-state index is 6.16. The minimum Gasteiger partial charge on any atom is -0.463 e. The van der Waals surface area contributed by atoms with E-state index >= 15 is 0 Å². The first kappa shape index (κ1) is 16.9. The Morgan fingerprint density at radius 1 is 1.32 bits per heavy atom. The van der Waals surface area contributed by atoms with E-state index in [-0.39, 0.29) is 5.60 Å². The Labute approximate surface area is 152 Å². The topological polar surface area (TPSA) is 60.4 Å². The van der Waals surface area contributed by atoms with Crippen molar-refractivity contribution in [2.24, 2.45) is 5.92 Å². The molecule has 0 N–H and O–H groups in total. The first-order valence-electron chi connectivity index (χ1n) is 8.88. The van der Waals surface area contributed by atoms with Crippen LogP contribution in [0.2, 0.25) is 0 Å². The Morgan fingerprint density at radius 2 is 2.16 bits per heavy atom. The van der Waals surface area contributed by atoms with Crippen LogP contribution in [0.15, 0.2) is 24.0 Å². The molecule has 6 nitrogen and oxygen atoms in total. The van der Waals surface area contributed by atoms with Crippen molar-refractivity contribution in [2.45, 2.75) is 38.3 Å². The fourth-order valence-corrected chi connectivity index (χ4v) is 4.65. The highest BCUT2D eigenvalue weighted by atomic mass is 32.1. The van der Waals surface area contributed by atoms with E-state index in [9.17, 15) is 0 Å². The molecule has 0 aromatic carbocycles. The van der Waals surface area contributed by atoms with E-state index in [1.54, 1.807) is 29.8 Å². The summed E-state index contributed by atoms with van der Waals surface area (Å²) in [5.74, 6) is 0.657. The molecule has 2 aliphatic heterocycles. The Bertz CT molecular complexity index is 687. The van der Waals surface area contributed by atoms with Crippen molar-refractivity contribution in [1.29, 1.82) is 0 Å². The summed E-state index contributed by atoms with van der Waals surface area (Å²) in [6.07, 6.45) is 6.70. The standard InChI is InChI=1S/C18H24N4O2S/c1-14-16(25-13-21-14)10-22-11-18(12-22)9-15(4-8-24-18)3-7-23-17-19-5-2-6-20-17/h2,5-6,13,15H,3-4,7-12H2,1H3/t15-/m1/s1. The van der Waals surface area contributed by atoms with Crippen molar-refractivity contribution >= 4 is 11.3 Å². The molecule has 2 aliphatic rings. The van der Waals surface area contributed by atoms with E-state index in [0.29, 0.717) is 18.5 Å². The Morgan fingerprint density at radius 3 is 2.92 bits per heavy atom. The van der Waals surface area contributed by atoms with Crippen LogP contribution in [0.25, 0.3) is 0 Å². The van der Waals surface area contributed by atoms with Crippen LogP contribution in [0.1, 0.15) is 29.8 Å². The largest absolute Gasteiger partial charge is 0.463 e. The summed E-state index contributed by atoms with van der Waals surface area (Å²) in [6, 6.07) is 2.27. The highest BCUT2D eigenvalue weighted by Crippen LogP contribution is 2.39. The third-order valence-electron chi connectivity index (χ3n) is 5.13. The van der Waals surface area contributed by atoms with Crippen molar-refractivity contribution in [2.75, 3.05) is 26.3 Å². The third-order valence-corrected chi connectivity index (χ3v) is 6.05. The molecule has 4 rings (SSSR count). The number of hydrogen-bond donors (Lipinski definition) is 0. The summed E-state index contributed by atoms with van der Waals surface area (Å²) in [6.45, 7) is 6.69. The predicted octanol–water partition coefficient (Wildman–Crippen LogP) is 2.69. The Kier molecular flexibility index (Phi) is 4.96. The van der Waals surface area contributed by atoms with Gasteiger partial charge in [0.2, 0.25) is 0 Å². The van der Waals surface area contributed by atoms with Crippen LogP contribution in [-0.2, 0) is 11.3 Å². The van der Waals surface area contributed by atoms with Gasteiger partial charge in [0, 0.05) is 43.5 Å². The smallest absolute Gasteiger partial charge is 0.316 e. The molecule has 2 aromatic heterocycles. The van der Waals surface area contributed by atoms with Crippen LogP contribution in [0.4, 0.5) is 0 Å². The second-order valence-corrected chi connectivity index (χ2v) is 8.00. The number of ether oxygens (including phenoxy) is 2. The average molecular weight is 360 g/mol. The number of aromatic nitrogens is 3. The molecule has 0 unspecified atom stereocenters. The van der Waals surface area contributed by atoms with Gasteiger partial charge < -0.3 is 9.47 Å². The van der Waals surface area contributed by atoms with E-state index in [2.05, 4.69) is 26.8 Å². The quantitative estimate of drug-likeness (QED) is 0.789. The number of hydrogen-bond acceptors (Lipinski definition) is 7. The van der Waals surface area contributed by atoms with Crippen molar-refractivity contribution in [1.82, 2.24) is 19.9 Å². The first-order chi connectivity index (χ1) is 12.2. The van der Waals surface area contributed by atoms with Crippen molar-refractivity contribution in [3.8, 4) is 6.01 Å². The summed E-state index contributed by atoms with van der Waals surface area (Å²) < 4.78 is 11.8. The lowest BCUT2D eigenvalue weighted by Crippen LogP contribution is -2.64. The van der Waals surface area contributed by atoms with Gasteiger partial charge in [0.1, 0.15) is 0 Å². The van der Waals surface area contributed by atoms with E-state index in [1.165, 1.54) is 4.88 Å². The molecule has 25 heavy (non-hydrogen) atoms. The average Bonchev–Trinajstić information content (AvgIpc) is 3.00. The second kappa shape index (κ2) is 7.35. The molecule has 0 bridgehead atoms. The molecule has 0 radical (unpaired) electrons. The summed E-state index contributed by atoms with van der Waals surface area (Å²) in [5.41, 5.74) is 3.16. The van der Waals surface area contributed by atoms with Gasteiger partial charge in [-0.25, -0.2) is 15.0 Å². The fourth-order valence-electron chi connectivity index (χ4n) is 3.83. The van der Waals surface area contributed by atoms with Gasteiger partial charge in [0.05, 0.1) is 23.4 Å². The van der Waals surface area contributed by atoms with Gasteiger partial charge in [0.25, 0.3) is 0 Å². The highest BCUT2D eigenvalue weighted by Gasteiger charge is 2.47. The number of nitrogens with zero attached hydrogens (tertiary/aromatic N) is 4. The first-order valence-corrected chi connectivity index (χ1v) is 9.75. The van der Waals surface area contributed by atoms with Crippen LogP contribution < -0.4 is 4.74 Å². The van der Waals surface area contributed by atoms with Crippen LogP contribution in [0.5, 0.6) is 6.01 Å². The summed E-state index contributed by atoms with van der Waals surface area (Å²) in [7, 11) is 0. The molecule has 7 heteroatoms. The SMILES string of the molecule is Cc1ncsc1CN1CC2(C[C@H](CCOc3ncccn3)CCO2)C1. The maximum atomic E-state index is 6.16. The zero-order valence-electron chi connectivity index (χ0n) is 14.6. The van der Waals surface area contributed by atoms with E-state index in [4.69, 9.17) is 9.47 Å². The molecule has 0 saturated carbocycles. The van der Waals surface area contributed by atoms with Gasteiger partial charge in [-0.1, -0.05) is 0 Å². The van der Waals surface area contributed by atoms with Crippen molar-refractivity contribution in [3.05, 3.63) is 34.5 Å². The van der Waals surface area contributed by atoms with Gasteiger partial charge in [-0.15, -0.1) is 11.3 Å². The molecule has 1 atom stereocenters. The predicted molar refractivity (Wildman–Crippen MR) is 95.7 cm³/mol. The van der Waals surface area contributed by atoms with Gasteiger partial charge in [-0.3, -0.25) is 4.90 Å². The van der Waals surface area contributed by atoms with Crippen molar-refractivity contribution < 1.29 is 9.47 Å². The lowest BCUT2D eigenvalue weighted by molar-refractivity contribution is -0.181. The fraction of sp³-hybridized carbons (Fsp3) is 0.611. The minimum absolute atomic E-state index is 0.0603. The lowest BCUT2D eigenvalue weighted by Gasteiger charge is -2.53. The van der Waals surface area contributed by atoms with Gasteiger partial charge in [-0.2, -0.15) is 0 Å². The minimum atomic E-state index is 0.0603. The van der Waals surface area contributed by atoms with Gasteiger partial charge >= 0.3 is 6.01 Å². The maximum Gasteiger partial charge on any atom is 0.316 e. The molecule has 0 aliphatic carbocycles. The highest BCUT2D eigenvalue weighted by molar-refractivity contribution is 7.09. The van der Waals surface area contributed by atoms with Crippen LogP contribution in [-0.4, -0.2) is 51.8 Å². The lowest BCUT2D eigenvalue weighted by atomic mass is 9.79. The van der Waals surface area contributed by atoms with Gasteiger partial charge in [0.15, 0.2) is 0 Å². The molecule has 2 fully saturated rings. The summed E-state index contributed by atoms with van der Waals surface area (Å²) >= 11 is 1.75. The molecular formula is C18H24N4O2S. The summed E-state index contributed by atoms with van der Waals surface area (Å²) in [5, 5.41) is 0. The van der Waals surface area contributed by atoms with Crippen LogP contribution >= 0.6 is 11.3 Å².